The van der Waals surface area contributed by atoms with E-state index in [9.17, 15) is 9.59 Å². The van der Waals surface area contributed by atoms with Gasteiger partial charge in [0.15, 0.2) is 0 Å². The molecule has 0 spiro atoms. The van der Waals surface area contributed by atoms with Crippen LogP contribution in [0.4, 0.5) is 0 Å². The molecule has 0 saturated carbocycles. The second-order valence-corrected chi connectivity index (χ2v) is 6.28. The summed E-state index contributed by atoms with van der Waals surface area (Å²) < 4.78 is 11.3. The summed E-state index contributed by atoms with van der Waals surface area (Å²) in [7, 11) is 1.60. The minimum atomic E-state index is -0.381. The summed E-state index contributed by atoms with van der Waals surface area (Å²) in [6.07, 6.45) is 0.801. The number of hydrogen-bond donors (Lipinski definition) is 2. The van der Waals surface area contributed by atoms with Crippen LogP contribution in [0.15, 0.2) is 46.9 Å². The Morgan fingerprint density at radius 2 is 1.81 bits per heavy atom. The van der Waals surface area contributed by atoms with Gasteiger partial charge in [0.05, 0.1) is 18.2 Å². The summed E-state index contributed by atoms with van der Waals surface area (Å²) >= 11 is 3.41. The molecule has 0 unspecified atom stereocenters. The zero-order valence-corrected chi connectivity index (χ0v) is 16.3. The quantitative estimate of drug-likeness (QED) is 0.673. The molecule has 2 aromatic carbocycles. The van der Waals surface area contributed by atoms with Crippen LogP contribution in [0.5, 0.6) is 11.5 Å². The molecule has 0 heterocycles. The van der Waals surface area contributed by atoms with E-state index >= 15 is 0 Å². The van der Waals surface area contributed by atoms with Crippen molar-refractivity contribution in [2.45, 2.75) is 19.8 Å². The number of ether oxygens (including phenoxy) is 2. The number of benzene rings is 2. The van der Waals surface area contributed by atoms with Crippen molar-refractivity contribution in [2.24, 2.45) is 0 Å². The van der Waals surface area contributed by atoms with Crippen molar-refractivity contribution in [2.75, 3.05) is 13.7 Å². The summed E-state index contributed by atoms with van der Waals surface area (Å²) in [4.78, 5) is 23.9. The second-order valence-electron chi connectivity index (χ2n) is 5.43. The van der Waals surface area contributed by atoms with Gasteiger partial charge in [0.25, 0.3) is 5.91 Å². The minimum absolute atomic E-state index is 0.252. The Balaban J connectivity index is 1.79. The smallest absolute Gasteiger partial charge is 0.269 e. The lowest BCUT2D eigenvalue weighted by Crippen LogP contribution is -2.41. The molecule has 138 valence electrons. The summed E-state index contributed by atoms with van der Waals surface area (Å²) in [5.74, 6) is 0.782. The highest BCUT2D eigenvalue weighted by atomic mass is 79.9. The number of nitrogens with one attached hydrogen (secondary N) is 2. The lowest BCUT2D eigenvalue weighted by atomic mass is 10.1. The molecule has 6 nitrogen and oxygen atoms in total. The first-order valence-electron chi connectivity index (χ1n) is 8.18. The standard InChI is InChI=1S/C19H21BrN2O4/c1-3-26-15-8-6-14(7-9-15)19(24)22-21-18(23)11-5-13-4-10-17(25-2)16(20)12-13/h4,6-10,12H,3,5,11H2,1-2H3,(H,21,23)(H,22,24). The Morgan fingerprint density at radius 3 is 2.42 bits per heavy atom. The van der Waals surface area contributed by atoms with Crippen molar-refractivity contribution >= 4 is 27.7 Å². The van der Waals surface area contributed by atoms with E-state index in [2.05, 4.69) is 26.8 Å². The molecule has 7 heteroatoms. The normalized spacial score (nSPS) is 10.1. The Labute approximate surface area is 161 Å². The fourth-order valence-electron chi connectivity index (χ4n) is 2.25. The van der Waals surface area contributed by atoms with E-state index in [-0.39, 0.29) is 18.2 Å². The number of rotatable bonds is 7. The average Bonchev–Trinajstić information content (AvgIpc) is 2.65. The third kappa shape index (κ3) is 5.77. The van der Waals surface area contributed by atoms with Crippen molar-refractivity contribution in [3.05, 3.63) is 58.1 Å². The fraction of sp³-hybridized carbons (Fsp3) is 0.263. The van der Waals surface area contributed by atoms with Crippen LogP contribution in [0.2, 0.25) is 0 Å². The molecule has 0 atom stereocenters. The van der Waals surface area contributed by atoms with Crippen LogP contribution in [-0.4, -0.2) is 25.5 Å². The van der Waals surface area contributed by atoms with Crippen molar-refractivity contribution in [1.82, 2.24) is 10.9 Å². The maximum absolute atomic E-state index is 12.0. The molecule has 0 aliphatic carbocycles. The summed E-state index contributed by atoms with van der Waals surface area (Å²) in [5.41, 5.74) is 6.26. The Bertz CT molecular complexity index is 763. The third-order valence-electron chi connectivity index (χ3n) is 3.60. The van der Waals surface area contributed by atoms with Gasteiger partial charge in [-0.3, -0.25) is 20.4 Å². The van der Waals surface area contributed by atoms with Crippen molar-refractivity contribution in [3.8, 4) is 11.5 Å². The van der Waals surface area contributed by atoms with Gasteiger partial charge < -0.3 is 9.47 Å². The number of amides is 2. The van der Waals surface area contributed by atoms with Gasteiger partial charge in [-0.15, -0.1) is 0 Å². The van der Waals surface area contributed by atoms with Gasteiger partial charge in [-0.05, 0) is 71.2 Å². The van der Waals surface area contributed by atoms with E-state index in [0.717, 1.165) is 15.8 Å². The highest BCUT2D eigenvalue weighted by molar-refractivity contribution is 9.10. The number of methoxy groups -OCH3 is 1. The van der Waals surface area contributed by atoms with E-state index in [1.165, 1.54) is 0 Å². The molecular formula is C19H21BrN2O4. The van der Waals surface area contributed by atoms with Crippen LogP contribution < -0.4 is 20.3 Å². The maximum Gasteiger partial charge on any atom is 0.269 e. The molecule has 0 aliphatic rings. The molecule has 26 heavy (non-hydrogen) atoms. The van der Waals surface area contributed by atoms with Crippen molar-refractivity contribution in [3.63, 3.8) is 0 Å². The first kappa shape index (κ1) is 19.8. The Hall–Kier alpha value is -2.54. The zero-order valence-electron chi connectivity index (χ0n) is 14.7. The fourth-order valence-corrected chi connectivity index (χ4v) is 2.84. The first-order chi connectivity index (χ1) is 12.5. The molecule has 0 fully saturated rings. The Morgan fingerprint density at radius 1 is 1.08 bits per heavy atom. The van der Waals surface area contributed by atoms with Crippen LogP contribution >= 0.6 is 15.9 Å². The van der Waals surface area contributed by atoms with E-state index in [4.69, 9.17) is 9.47 Å². The number of carbonyl (C=O) groups excluding carboxylic acids is 2. The highest BCUT2D eigenvalue weighted by Crippen LogP contribution is 2.25. The predicted molar refractivity (Wildman–Crippen MR) is 102 cm³/mol. The largest absolute Gasteiger partial charge is 0.496 e. The van der Waals surface area contributed by atoms with Crippen LogP contribution in [0.1, 0.15) is 29.3 Å². The summed E-state index contributed by atoms with van der Waals surface area (Å²) in [6.45, 7) is 2.45. The topological polar surface area (TPSA) is 76.7 Å². The predicted octanol–water partition coefficient (Wildman–Crippen LogP) is 3.25. The van der Waals surface area contributed by atoms with Crippen LogP contribution in [0, 0.1) is 0 Å². The van der Waals surface area contributed by atoms with Crippen LogP contribution in [0.25, 0.3) is 0 Å². The summed E-state index contributed by atoms with van der Waals surface area (Å²) in [6, 6.07) is 12.3. The van der Waals surface area contributed by atoms with Gasteiger partial charge in [0.2, 0.25) is 5.91 Å². The molecule has 0 radical (unpaired) electrons. The van der Waals surface area contributed by atoms with Crippen molar-refractivity contribution in [1.29, 1.82) is 0 Å². The second kappa shape index (κ2) is 9.82. The van der Waals surface area contributed by atoms with Gasteiger partial charge in [0, 0.05) is 12.0 Å². The van der Waals surface area contributed by atoms with E-state index in [1.807, 2.05) is 25.1 Å². The van der Waals surface area contributed by atoms with E-state index < -0.39 is 0 Å². The molecule has 2 aromatic rings. The maximum atomic E-state index is 12.0. The number of hydrogen-bond acceptors (Lipinski definition) is 4. The van der Waals surface area contributed by atoms with E-state index in [0.29, 0.717) is 24.3 Å². The zero-order chi connectivity index (χ0) is 18.9. The number of aryl methyl sites for hydroxylation is 1. The SMILES string of the molecule is CCOc1ccc(C(=O)NNC(=O)CCc2ccc(OC)c(Br)c2)cc1. The van der Waals surface area contributed by atoms with Gasteiger partial charge in [-0.1, -0.05) is 6.07 Å². The molecular weight excluding hydrogens is 400 g/mol. The molecule has 2 rings (SSSR count). The molecule has 2 N–H and O–H groups in total. The van der Waals surface area contributed by atoms with Crippen LogP contribution in [0.3, 0.4) is 0 Å². The van der Waals surface area contributed by atoms with Crippen molar-refractivity contribution < 1.29 is 19.1 Å². The number of carbonyl (C=O) groups is 2. The number of halogens is 1. The highest BCUT2D eigenvalue weighted by Gasteiger charge is 2.09. The monoisotopic (exact) mass is 420 g/mol. The molecule has 0 saturated heterocycles. The van der Waals surface area contributed by atoms with Gasteiger partial charge in [-0.2, -0.15) is 0 Å². The molecule has 2 amide bonds. The number of hydrazine groups is 1. The molecule has 0 aromatic heterocycles. The summed E-state index contributed by atoms with van der Waals surface area (Å²) in [5, 5.41) is 0. The van der Waals surface area contributed by atoms with Gasteiger partial charge in [0.1, 0.15) is 11.5 Å². The minimum Gasteiger partial charge on any atom is -0.496 e. The lowest BCUT2D eigenvalue weighted by Gasteiger charge is -2.09. The van der Waals surface area contributed by atoms with Gasteiger partial charge >= 0.3 is 0 Å². The van der Waals surface area contributed by atoms with E-state index in [1.54, 1.807) is 31.4 Å². The van der Waals surface area contributed by atoms with Crippen LogP contribution in [-0.2, 0) is 11.2 Å². The average molecular weight is 421 g/mol. The Kier molecular flexibility index (Phi) is 7.47. The molecule has 0 bridgehead atoms. The molecule has 0 aliphatic heterocycles. The first-order valence-corrected chi connectivity index (χ1v) is 8.97. The van der Waals surface area contributed by atoms with Gasteiger partial charge in [-0.25, -0.2) is 0 Å². The third-order valence-corrected chi connectivity index (χ3v) is 4.22. The lowest BCUT2D eigenvalue weighted by molar-refractivity contribution is -0.121.